The maximum atomic E-state index is 12.4. The van der Waals surface area contributed by atoms with Crippen molar-refractivity contribution < 1.29 is 19.0 Å². The van der Waals surface area contributed by atoms with Gasteiger partial charge in [0.15, 0.2) is 0 Å². The van der Waals surface area contributed by atoms with E-state index in [-0.39, 0.29) is 5.91 Å². The Labute approximate surface area is 208 Å². The van der Waals surface area contributed by atoms with E-state index < -0.39 is 0 Å². The van der Waals surface area contributed by atoms with E-state index in [2.05, 4.69) is 55.7 Å². The van der Waals surface area contributed by atoms with E-state index >= 15 is 0 Å². The molecule has 0 aliphatic carbocycles. The zero-order valence-corrected chi connectivity index (χ0v) is 21.2. The Balaban J connectivity index is 1.66. The molecule has 8 heteroatoms. The Morgan fingerprint density at radius 2 is 1.58 bits per heavy atom. The molecule has 160 valence electrons. The molecule has 0 saturated carbocycles. The summed E-state index contributed by atoms with van der Waals surface area (Å²) in [6.45, 7) is 0.500. The Morgan fingerprint density at radius 3 is 2.16 bits per heavy atom. The summed E-state index contributed by atoms with van der Waals surface area (Å²) in [5, 5.41) is 4.08. The molecule has 1 amide bonds. The van der Waals surface area contributed by atoms with Gasteiger partial charge in [0.1, 0.15) is 23.9 Å². The molecule has 0 aromatic heterocycles. The second-order valence-corrected chi connectivity index (χ2v) is 8.71. The van der Waals surface area contributed by atoms with Gasteiger partial charge < -0.3 is 14.2 Å². The molecule has 3 rings (SSSR count). The van der Waals surface area contributed by atoms with Crippen LogP contribution in [0.25, 0.3) is 0 Å². The van der Waals surface area contributed by atoms with Crippen molar-refractivity contribution in [3.8, 4) is 17.2 Å². The standard InChI is InChI=1S/C23H20I2N2O4/c1-29-18-10-17(11-19(12-18)30-2)23(28)27-26-13-16-8-20(24)22(21(25)9-16)31-14-15-6-4-3-5-7-15/h3-13H,14H2,1-2H3,(H,27,28)/b26-13-. The molecule has 0 radical (unpaired) electrons. The second-order valence-electron chi connectivity index (χ2n) is 6.39. The highest BCUT2D eigenvalue weighted by atomic mass is 127. The first-order valence-corrected chi connectivity index (χ1v) is 11.4. The van der Waals surface area contributed by atoms with Crippen molar-refractivity contribution in [2.45, 2.75) is 6.61 Å². The van der Waals surface area contributed by atoms with Crippen molar-refractivity contribution in [1.82, 2.24) is 5.43 Å². The third-order valence-corrected chi connectivity index (χ3v) is 5.84. The van der Waals surface area contributed by atoms with E-state index in [1.165, 1.54) is 14.2 Å². The predicted octanol–water partition coefficient (Wildman–Crippen LogP) is 5.26. The number of rotatable bonds is 8. The molecule has 31 heavy (non-hydrogen) atoms. The first-order valence-electron chi connectivity index (χ1n) is 9.22. The van der Waals surface area contributed by atoms with Gasteiger partial charge in [-0.25, -0.2) is 5.43 Å². The molecule has 0 aliphatic rings. The molecule has 0 unspecified atom stereocenters. The molecule has 1 N–H and O–H groups in total. The molecule has 0 heterocycles. The van der Waals surface area contributed by atoms with E-state index in [4.69, 9.17) is 14.2 Å². The smallest absolute Gasteiger partial charge is 0.271 e. The largest absolute Gasteiger partial charge is 0.497 e. The van der Waals surface area contributed by atoms with Crippen molar-refractivity contribution >= 4 is 57.3 Å². The Hall–Kier alpha value is -2.34. The highest BCUT2D eigenvalue weighted by Crippen LogP contribution is 2.29. The van der Waals surface area contributed by atoms with Crippen LogP contribution in [0, 0.1) is 7.14 Å². The summed E-state index contributed by atoms with van der Waals surface area (Å²) >= 11 is 4.48. The lowest BCUT2D eigenvalue weighted by Gasteiger charge is -2.11. The fraction of sp³-hybridized carbons (Fsp3) is 0.130. The fourth-order valence-electron chi connectivity index (χ4n) is 2.69. The zero-order chi connectivity index (χ0) is 22.2. The van der Waals surface area contributed by atoms with E-state index in [9.17, 15) is 4.79 Å². The third kappa shape index (κ3) is 6.57. The van der Waals surface area contributed by atoms with Gasteiger partial charge in [-0.2, -0.15) is 5.10 Å². The van der Waals surface area contributed by atoms with Gasteiger partial charge in [0, 0.05) is 11.6 Å². The molecule has 0 bridgehead atoms. The molecule has 0 atom stereocenters. The average molecular weight is 642 g/mol. The lowest BCUT2D eigenvalue weighted by Crippen LogP contribution is -2.17. The van der Waals surface area contributed by atoms with Crippen LogP contribution in [-0.2, 0) is 6.61 Å². The number of benzene rings is 3. The number of halogens is 2. The number of ether oxygens (including phenoxy) is 3. The summed E-state index contributed by atoms with van der Waals surface area (Å²) in [4.78, 5) is 12.4. The molecule has 3 aromatic rings. The van der Waals surface area contributed by atoms with Gasteiger partial charge in [0.2, 0.25) is 0 Å². The van der Waals surface area contributed by atoms with Gasteiger partial charge in [0.05, 0.1) is 27.6 Å². The molecule has 0 fully saturated rings. The molecular weight excluding hydrogens is 622 g/mol. The van der Waals surface area contributed by atoms with Crippen LogP contribution in [0.2, 0.25) is 0 Å². The zero-order valence-electron chi connectivity index (χ0n) is 16.9. The number of methoxy groups -OCH3 is 2. The van der Waals surface area contributed by atoms with Crippen LogP contribution in [-0.4, -0.2) is 26.3 Å². The van der Waals surface area contributed by atoms with Gasteiger partial charge in [-0.1, -0.05) is 30.3 Å². The minimum atomic E-state index is -0.361. The number of nitrogens with one attached hydrogen (secondary N) is 1. The normalized spacial score (nSPS) is 10.7. The monoisotopic (exact) mass is 642 g/mol. The summed E-state index contributed by atoms with van der Waals surface area (Å²) in [6, 6.07) is 18.9. The molecule has 0 aliphatic heterocycles. The van der Waals surface area contributed by atoms with Crippen LogP contribution in [0.15, 0.2) is 65.8 Å². The van der Waals surface area contributed by atoms with Crippen LogP contribution in [0.4, 0.5) is 0 Å². The molecular formula is C23H20I2N2O4. The summed E-state index contributed by atoms with van der Waals surface area (Å²) in [5.41, 5.74) is 4.88. The predicted molar refractivity (Wildman–Crippen MR) is 137 cm³/mol. The van der Waals surface area contributed by atoms with Crippen LogP contribution >= 0.6 is 45.2 Å². The Bertz CT molecular complexity index is 1040. The summed E-state index contributed by atoms with van der Waals surface area (Å²) in [5.74, 6) is 1.53. The van der Waals surface area contributed by atoms with Gasteiger partial charge >= 0.3 is 0 Å². The van der Waals surface area contributed by atoms with Crippen molar-refractivity contribution in [2.75, 3.05) is 14.2 Å². The topological polar surface area (TPSA) is 69.2 Å². The maximum Gasteiger partial charge on any atom is 0.271 e. The molecule has 0 spiro atoms. The van der Waals surface area contributed by atoms with Gasteiger partial charge in [0.25, 0.3) is 5.91 Å². The average Bonchev–Trinajstić information content (AvgIpc) is 2.78. The van der Waals surface area contributed by atoms with Crippen LogP contribution in [0.5, 0.6) is 17.2 Å². The number of carbonyl (C=O) groups excluding carboxylic acids is 1. The van der Waals surface area contributed by atoms with Gasteiger partial charge in [-0.15, -0.1) is 0 Å². The minimum absolute atomic E-state index is 0.361. The number of nitrogens with zero attached hydrogens (tertiary/aromatic N) is 1. The number of hydrazone groups is 1. The number of amides is 1. The minimum Gasteiger partial charge on any atom is -0.497 e. The quantitative estimate of drug-likeness (QED) is 0.207. The maximum absolute atomic E-state index is 12.4. The number of hydrogen-bond donors (Lipinski definition) is 1. The van der Waals surface area contributed by atoms with E-state index in [1.807, 2.05) is 42.5 Å². The summed E-state index contributed by atoms with van der Waals surface area (Å²) in [6.07, 6.45) is 1.60. The van der Waals surface area contributed by atoms with Crippen molar-refractivity contribution in [2.24, 2.45) is 5.10 Å². The highest BCUT2D eigenvalue weighted by Gasteiger charge is 2.11. The number of carbonyl (C=O) groups is 1. The fourth-order valence-corrected chi connectivity index (χ4v) is 4.82. The Morgan fingerprint density at radius 1 is 0.968 bits per heavy atom. The summed E-state index contributed by atoms with van der Waals surface area (Å²) in [7, 11) is 3.07. The van der Waals surface area contributed by atoms with E-state index in [1.54, 1.807) is 24.4 Å². The van der Waals surface area contributed by atoms with Crippen molar-refractivity contribution in [3.05, 3.63) is 84.5 Å². The SMILES string of the molecule is COc1cc(OC)cc(C(=O)N/N=C\c2cc(I)c(OCc3ccccc3)c(I)c2)c1. The third-order valence-electron chi connectivity index (χ3n) is 4.24. The molecule has 6 nitrogen and oxygen atoms in total. The second kappa shape index (κ2) is 11.3. The highest BCUT2D eigenvalue weighted by molar-refractivity contribution is 14.1. The van der Waals surface area contributed by atoms with Crippen LogP contribution in [0.3, 0.4) is 0 Å². The van der Waals surface area contributed by atoms with Crippen molar-refractivity contribution in [3.63, 3.8) is 0 Å². The lowest BCUT2D eigenvalue weighted by molar-refractivity contribution is 0.0954. The van der Waals surface area contributed by atoms with E-state index in [0.717, 1.165) is 24.0 Å². The van der Waals surface area contributed by atoms with Crippen LogP contribution in [0.1, 0.15) is 21.5 Å². The van der Waals surface area contributed by atoms with E-state index in [0.29, 0.717) is 23.7 Å². The molecule has 0 saturated heterocycles. The number of hydrogen-bond acceptors (Lipinski definition) is 5. The molecule has 3 aromatic carbocycles. The first kappa shape index (κ1) is 23.3. The van der Waals surface area contributed by atoms with Crippen LogP contribution < -0.4 is 19.6 Å². The first-order chi connectivity index (χ1) is 15.0. The van der Waals surface area contributed by atoms with Gasteiger partial charge in [-0.3, -0.25) is 4.79 Å². The lowest BCUT2D eigenvalue weighted by atomic mass is 10.2. The Kier molecular flexibility index (Phi) is 8.52. The van der Waals surface area contributed by atoms with Gasteiger partial charge in [-0.05, 0) is 80.6 Å². The van der Waals surface area contributed by atoms with Crippen molar-refractivity contribution in [1.29, 1.82) is 0 Å². The summed E-state index contributed by atoms with van der Waals surface area (Å²) < 4.78 is 18.3.